The maximum atomic E-state index is 12.1. The highest BCUT2D eigenvalue weighted by Gasteiger charge is 2.38. The number of fused-ring (bicyclic) bond motifs is 1. The molecular formula is C12H11NO4. The minimum absolute atomic E-state index is 0.289. The molecule has 1 aliphatic heterocycles. The van der Waals surface area contributed by atoms with Crippen LogP contribution >= 0.6 is 0 Å². The standard InChI is InChI=1S/C12H11NO4/c1-7(13-16-2)10-11(14)8-5-3-4-6-9(8)17-12(10)15/h3-6,10H,1-2H3. The summed E-state index contributed by atoms with van der Waals surface area (Å²) in [5.74, 6) is -1.64. The summed E-state index contributed by atoms with van der Waals surface area (Å²) in [6, 6.07) is 6.63. The fraction of sp³-hybridized carbons (Fsp3) is 0.250. The summed E-state index contributed by atoms with van der Waals surface area (Å²) in [7, 11) is 1.36. The first-order valence-electron chi connectivity index (χ1n) is 5.07. The van der Waals surface area contributed by atoms with Crippen LogP contribution in [0.4, 0.5) is 0 Å². The Labute approximate surface area is 98.0 Å². The number of esters is 1. The van der Waals surface area contributed by atoms with Gasteiger partial charge in [0.25, 0.3) is 0 Å². The second kappa shape index (κ2) is 4.37. The number of oxime groups is 1. The summed E-state index contributed by atoms with van der Waals surface area (Å²) in [5.41, 5.74) is 0.680. The number of ether oxygens (including phenoxy) is 1. The maximum absolute atomic E-state index is 12.1. The average molecular weight is 233 g/mol. The van der Waals surface area contributed by atoms with Gasteiger partial charge in [-0.15, -0.1) is 0 Å². The van der Waals surface area contributed by atoms with Crippen molar-refractivity contribution < 1.29 is 19.2 Å². The van der Waals surface area contributed by atoms with Crippen molar-refractivity contribution in [3.63, 3.8) is 0 Å². The molecule has 1 heterocycles. The number of hydrogen-bond acceptors (Lipinski definition) is 5. The quantitative estimate of drug-likeness (QED) is 0.255. The van der Waals surface area contributed by atoms with E-state index in [1.54, 1.807) is 31.2 Å². The minimum Gasteiger partial charge on any atom is -0.425 e. The van der Waals surface area contributed by atoms with Gasteiger partial charge in [-0.2, -0.15) is 0 Å². The molecule has 1 unspecified atom stereocenters. The van der Waals surface area contributed by atoms with Crippen molar-refractivity contribution >= 4 is 17.5 Å². The third-order valence-corrected chi connectivity index (χ3v) is 2.51. The second-order valence-corrected chi connectivity index (χ2v) is 3.63. The van der Waals surface area contributed by atoms with Gasteiger partial charge >= 0.3 is 5.97 Å². The third-order valence-electron chi connectivity index (χ3n) is 2.51. The summed E-state index contributed by atoms with van der Waals surface area (Å²) in [4.78, 5) is 28.4. The van der Waals surface area contributed by atoms with Crippen LogP contribution in [-0.4, -0.2) is 24.6 Å². The highest BCUT2D eigenvalue weighted by Crippen LogP contribution is 2.28. The second-order valence-electron chi connectivity index (χ2n) is 3.63. The Kier molecular flexibility index (Phi) is 2.91. The number of nitrogens with zero attached hydrogens (tertiary/aromatic N) is 1. The van der Waals surface area contributed by atoms with Crippen molar-refractivity contribution in [2.24, 2.45) is 11.1 Å². The maximum Gasteiger partial charge on any atom is 0.328 e. The van der Waals surface area contributed by atoms with E-state index in [1.807, 2.05) is 0 Å². The van der Waals surface area contributed by atoms with Gasteiger partial charge in [-0.05, 0) is 19.1 Å². The molecule has 88 valence electrons. The predicted octanol–water partition coefficient (Wildman–Crippen LogP) is 1.43. The van der Waals surface area contributed by atoms with Gasteiger partial charge < -0.3 is 9.57 Å². The van der Waals surface area contributed by atoms with Crippen LogP contribution < -0.4 is 4.74 Å². The van der Waals surface area contributed by atoms with Gasteiger partial charge in [0, 0.05) is 0 Å². The van der Waals surface area contributed by atoms with Crippen molar-refractivity contribution in [1.29, 1.82) is 0 Å². The Bertz CT molecular complexity index is 507. The third kappa shape index (κ3) is 1.91. The molecule has 1 aliphatic rings. The van der Waals surface area contributed by atoms with E-state index in [-0.39, 0.29) is 11.5 Å². The zero-order valence-corrected chi connectivity index (χ0v) is 9.47. The molecule has 5 nitrogen and oxygen atoms in total. The Morgan fingerprint density at radius 1 is 1.35 bits per heavy atom. The zero-order chi connectivity index (χ0) is 12.4. The topological polar surface area (TPSA) is 65.0 Å². The Balaban J connectivity index is 2.44. The molecule has 0 aromatic heterocycles. The van der Waals surface area contributed by atoms with Crippen LogP contribution in [0, 0.1) is 5.92 Å². The van der Waals surface area contributed by atoms with E-state index in [0.29, 0.717) is 11.3 Å². The van der Waals surface area contributed by atoms with Gasteiger partial charge in [0.1, 0.15) is 12.9 Å². The molecule has 0 saturated heterocycles. The molecule has 0 amide bonds. The van der Waals surface area contributed by atoms with Crippen LogP contribution in [0.3, 0.4) is 0 Å². The fourth-order valence-electron chi connectivity index (χ4n) is 1.75. The normalized spacial score (nSPS) is 19.6. The smallest absolute Gasteiger partial charge is 0.328 e. The van der Waals surface area contributed by atoms with Gasteiger partial charge in [-0.25, -0.2) is 0 Å². The molecule has 0 aliphatic carbocycles. The van der Waals surface area contributed by atoms with Crippen molar-refractivity contribution in [3.8, 4) is 5.75 Å². The number of hydrogen-bond donors (Lipinski definition) is 0. The first-order valence-corrected chi connectivity index (χ1v) is 5.07. The molecule has 0 saturated carbocycles. The summed E-state index contributed by atoms with van der Waals surface area (Å²) in [6.45, 7) is 1.56. The molecule has 0 N–H and O–H groups in total. The van der Waals surface area contributed by atoms with Crippen LogP contribution in [0.2, 0.25) is 0 Å². The molecule has 1 aromatic carbocycles. The first-order chi connectivity index (χ1) is 8.15. The molecule has 1 atom stereocenters. The van der Waals surface area contributed by atoms with Crippen LogP contribution in [0.15, 0.2) is 29.4 Å². The predicted molar refractivity (Wildman–Crippen MR) is 60.0 cm³/mol. The lowest BCUT2D eigenvalue weighted by Gasteiger charge is -2.21. The number of carbonyl (C=O) groups is 2. The fourth-order valence-corrected chi connectivity index (χ4v) is 1.75. The van der Waals surface area contributed by atoms with E-state index in [4.69, 9.17) is 4.74 Å². The van der Waals surface area contributed by atoms with Gasteiger partial charge in [0.2, 0.25) is 0 Å². The van der Waals surface area contributed by atoms with Crippen molar-refractivity contribution in [3.05, 3.63) is 29.8 Å². The van der Waals surface area contributed by atoms with Gasteiger partial charge in [0.15, 0.2) is 11.7 Å². The Morgan fingerprint density at radius 2 is 2.06 bits per heavy atom. The van der Waals surface area contributed by atoms with Crippen LogP contribution in [0.25, 0.3) is 0 Å². The number of carbonyl (C=O) groups excluding carboxylic acids is 2. The number of rotatable bonds is 2. The zero-order valence-electron chi connectivity index (χ0n) is 9.47. The molecule has 0 fully saturated rings. The van der Waals surface area contributed by atoms with E-state index in [1.165, 1.54) is 7.11 Å². The van der Waals surface area contributed by atoms with Gasteiger partial charge in [-0.1, -0.05) is 17.3 Å². The molecule has 0 spiro atoms. The lowest BCUT2D eigenvalue weighted by Crippen LogP contribution is -2.38. The highest BCUT2D eigenvalue weighted by molar-refractivity contribution is 6.26. The highest BCUT2D eigenvalue weighted by atomic mass is 16.6. The number of ketones is 1. The van der Waals surface area contributed by atoms with Gasteiger partial charge in [0.05, 0.1) is 11.3 Å². The van der Waals surface area contributed by atoms with Crippen molar-refractivity contribution in [2.75, 3.05) is 7.11 Å². The van der Waals surface area contributed by atoms with Crippen molar-refractivity contribution in [2.45, 2.75) is 6.92 Å². The van der Waals surface area contributed by atoms with Crippen LogP contribution in [-0.2, 0) is 9.63 Å². The molecule has 1 aromatic rings. The Morgan fingerprint density at radius 3 is 2.76 bits per heavy atom. The summed E-state index contributed by atoms with van der Waals surface area (Å²) >= 11 is 0. The lowest BCUT2D eigenvalue weighted by molar-refractivity contribution is -0.136. The molecule has 0 radical (unpaired) electrons. The molecule has 2 rings (SSSR count). The first kappa shape index (κ1) is 11.3. The van der Waals surface area contributed by atoms with E-state index in [9.17, 15) is 9.59 Å². The lowest BCUT2D eigenvalue weighted by atomic mass is 9.91. The van der Waals surface area contributed by atoms with Crippen LogP contribution in [0.1, 0.15) is 17.3 Å². The van der Waals surface area contributed by atoms with E-state index in [2.05, 4.69) is 9.99 Å². The number of benzene rings is 1. The monoisotopic (exact) mass is 233 g/mol. The minimum atomic E-state index is -1.01. The number of para-hydroxylation sites is 1. The van der Waals surface area contributed by atoms with Gasteiger partial charge in [-0.3, -0.25) is 9.59 Å². The largest absolute Gasteiger partial charge is 0.425 e. The average Bonchev–Trinajstić information content (AvgIpc) is 2.29. The molecule has 5 heteroatoms. The van der Waals surface area contributed by atoms with E-state index in [0.717, 1.165) is 0 Å². The van der Waals surface area contributed by atoms with E-state index < -0.39 is 11.9 Å². The van der Waals surface area contributed by atoms with E-state index >= 15 is 0 Å². The van der Waals surface area contributed by atoms with Crippen LogP contribution in [0.5, 0.6) is 5.75 Å². The summed E-state index contributed by atoms with van der Waals surface area (Å²) in [5, 5.41) is 3.62. The summed E-state index contributed by atoms with van der Waals surface area (Å²) < 4.78 is 5.09. The summed E-state index contributed by atoms with van der Waals surface area (Å²) in [6.07, 6.45) is 0. The SMILES string of the molecule is CON=C(C)C1C(=O)Oc2ccccc2C1=O. The molecular weight excluding hydrogens is 222 g/mol. The van der Waals surface area contributed by atoms with Crippen molar-refractivity contribution in [1.82, 2.24) is 0 Å². The Hall–Kier alpha value is -2.17. The molecule has 0 bridgehead atoms. The molecule has 17 heavy (non-hydrogen) atoms. The number of Topliss-reactive ketones (excluding diaryl/α,β-unsaturated/α-hetero) is 1.